The molecule has 0 amide bonds. The summed E-state index contributed by atoms with van der Waals surface area (Å²) in [6, 6.07) is 0. The third-order valence-corrected chi connectivity index (χ3v) is 6.90. The van der Waals surface area contributed by atoms with Gasteiger partial charge in [0.1, 0.15) is 0 Å². The first-order valence-electron chi connectivity index (χ1n) is 11.1. The van der Waals surface area contributed by atoms with E-state index < -0.39 is 5.97 Å². The lowest BCUT2D eigenvalue weighted by molar-refractivity contribution is -0.139. The Morgan fingerprint density at radius 2 is 1.46 bits per heavy atom. The minimum atomic E-state index is -0.447. The molecular formula is C23H40O3. The first-order valence-corrected chi connectivity index (χ1v) is 11.1. The van der Waals surface area contributed by atoms with Crippen molar-refractivity contribution in [2.45, 2.75) is 90.4 Å². The summed E-state index contributed by atoms with van der Waals surface area (Å²) in [6.07, 6.45) is 17.8. The molecule has 2 aliphatic carbocycles. The highest BCUT2D eigenvalue weighted by Gasteiger charge is 2.30. The molecule has 0 unspecified atom stereocenters. The number of carbonyl (C=O) groups excluding carboxylic acids is 1. The average molecular weight is 365 g/mol. The highest BCUT2D eigenvalue weighted by molar-refractivity contribution is 5.87. The predicted molar refractivity (Wildman–Crippen MR) is 107 cm³/mol. The first-order chi connectivity index (χ1) is 12.6. The molecule has 3 heteroatoms. The summed E-state index contributed by atoms with van der Waals surface area (Å²) in [7, 11) is 0. The van der Waals surface area contributed by atoms with E-state index in [0.717, 1.165) is 24.2 Å². The molecule has 0 aliphatic heterocycles. The average Bonchev–Trinajstić information content (AvgIpc) is 2.68. The molecular weight excluding hydrogens is 324 g/mol. The maximum Gasteiger partial charge on any atom is 0.335 e. The number of hydrogen-bond acceptors (Lipinski definition) is 3. The van der Waals surface area contributed by atoms with Crippen LogP contribution in [-0.4, -0.2) is 24.3 Å². The Balaban J connectivity index is 1.57. The van der Waals surface area contributed by atoms with E-state index in [1.807, 2.05) is 0 Å². The van der Waals surface area contributed by atoms with Crippen LogP contribution < -0.4 is 0 Å². The molecule has 0 spiro atoms. The molecule has 0 bridgehead atoms. The van der Waals surface area contributed by atoms with Crippen molar-refractivity contribution >= 4 is 5.97 Å². The maximum absolute atomic E-state index is 11.5. The van der Waals surface area contributed by atoms with Crippen LogP contribution in [0.15, 0.2) is 12.2 Å². The number of aliphatic hydroxyl groups is 1. The standard InChI is InChI=1S/C23H40O3/c1-3-4-5-6-19-7-11-21(12-8-19)22-13-9-20(10-14-22)15-16-26-23(25)18(2)17-24/h19-22,24H,2-17H2,1H3. The van der Waals surface area contributed by atoms with Crippen LogP contribution in [0, 0.1) is 23.7 Å². The Kier molecular flexibility index (Phi) is 9.74. The van der Waals surface area contributed by atoms with Gasteiger partial charge in [-0.05, 0) is 55.8 Å². The van der Waals surface area contributed by atoms with Gasteiger partial charge < -0.3 is 9.84 Å². The van der Waals surface area contributed by atoms with Gasteiger partial charge in [0, 0.05) is 0 Å². The minimum absolute atomic E-state index is 0.152. The van der Waals surface area contributed by atoms with E-state index in [2.05, 4.69) is 13.5 Å². The van der Waals surface area contributed by atoms with Crippen molar-refractivity contribution in [3.63, 3.8) is 0 Å². The van der Waals surface area contributed by atoms with Crippen molar-refractivity contribution in [3.8, 4) is 0 Å². The van der Waals surface area contributed by atoms with E-state index in [1.54, 1.807) is 0 Å². The van der Waals surface area contributed by atoms with Crippen molar-refractivity contribution in [2.75, 3.05) is 13.2 Å². The van der Waals surface area contributed by atoms with Crippen LogP contribution in [0.3, 0.4) is 0 Å². The summed E-state index contributed by atoms with van der Waals surface area (Å²) in [5.74, 6) is 3.19. The van der Waals surface area contributed by atoms with E-state index in [0.29, 0.717) is 12.5 Å². The number of carbonyl (C=O) groups is 1. The van der Waals surface area contributed by atoms with Crippen molar-refractivity contribution in [2.24, 2.45) is 23.7 Å². The molecule has 2 aliphatic rings. The molecule has 0 radical (unpaired) electrons. The summed E-state index contributed by atoms with van der Waals surface area (Å²) < 4.78 is 5.19. The van der Waals surface area contributed by atoms with Gasteiger partial charge in [-0.25, -0.2) is 4.79 Å². The van der Waals surface area contributed by atoms with E-state index >= 15 is 0 Å². The lowest BCUT2D eigenvalue weighted by Crippen LogP contribution is -2.26. The molecule has 0 aromatic heterocycles. The quantitative estimate of drug-likeness (QED) is 0.309. The van der Waals surface area contributed by atoms with Gasteiger partial charge in [-0.15, -0.1) is 0 Å². The van der Waals surface area contributed by atoms with E-state index in [9.17, 15) is 4.79 Å². The summed E-state index contributed by atoms with van der Waals surface area (Å²) in [5.41, 5.74) is 0.152. The summed E-state index contributed by atoms with van der Waals surface area (Å²) in [5, 5.41) is 8.88. The molecule has 0 atom stereocenters. The fourth-order valence-electron chi connectivity index (χ4n) is 5.06. The predicted octanol–water partition coefficient (Wildman–Crippen LogP) is 5.66. The number of ether oxygens (including phenoxy) is 1. The van der Waals surface area contributed by atoms with Crippen molar-refractivity contribution in [1.29, 1.82) is 0 Å². The van der Waals surface area contributed by atoms with Gasteiger partial charge in [0.15, 0.2) is 0 Å². The largest absolute Gasteiger partial charge is 0.462 e. The molecule has 0 aromatic carbocycles. The lowest BCUT2D eigenvalue weighted by atomic mass is 9.68. The van der Waals surface area contributed by atoms with Gasteiger partial charge in [-0.2, -0.15) is 0 Å². The fourth-order valence-corrected chi connectivity index (χ4v) is 5.06. The van der Waals surface area contributed by atoms with E-state index in [4.69, 9.17) is 9.84 Å². The number of unbranched alkanes of at least 4 members (excludes halogenated alkanes) is 2. The van der Waals surface area contributed by atoms with E-state index in [-0.39, 0.29) is 12.2 Å². The summed E-state index contributed by atoms with van der Waals surface area (Å²) in [4.78, 5) is 11.5. The molecule has 1 N–H and O–H groups in total. The molecule has 3 nitrogen and oxygen atoms in total. The number of rotatable bonds is 10. The minimum Gasteiger partial charge on any atom is -0.462 e. The zero-order valence-corrected chi connectivity index (χ0v) is 16.9. The normalized spacial score (nSPS) is 29.3. The van der Waals surface area contributed by atoms with Gasteiger partial charge in [0.05, 0.1) is 18.8 Å². The topological polar surface area (TPSA) is 46.5 Å². The van der Waals surface area contributed by atoms with Crippen molar-refractivity contribution in [3.05, 3.63) is 12.2 Å². The van der Waals surface area contributed by atoms with Gasteiger partial charge in [-0.3, -0.25) is 0 Å². The molecule has 0 aromatic rings. The zero-order valence-electron chi connectivity index (χ0n) is 16.9. The molecule has 2 fully saturated rings. The number of hydrogen-bond donors (Lipinski definition) is 1. The number of aliphatic hydroxyl groups excluding tert-OH is 1. The Hall–Kier alpha value is -0.830. The molecule has 2 saturated carbocycles. The Labute approximate surface area is 160 Å². The summed E-state index contributed by atoms with van der Waals surface area (Å²) >= 11 is 0. The number of esters is 1. The second-order valence-electron chi connectivity index (χ2n) is 8.74. The van der Waals surface area contributed by atoms with Crippen LogP contribution >= 0.6 is 0 Å². The fraction of sp³-hybridized carbons (Fsp3) is 0.870. The van der Waals surface area contributed by atoms with Crippen LogP contribution in [0.25, 0.3) is 0 Å². The van der Waals surface area contributed by atoms with Crippen molar-refractivity contribution < 1.29 is 14.6 Å². The zero-order chi connectivity index (χ0) is 18.8. The Morgan fingerprint density at radius 1 is 0.923 bits per heavy atom. The second kappa shape index (κ2) is 11.8. The van der Waals surface area contributed by atoms with Crippen LogP contribution in [0.4, 0.5) is 0 Å². The molecule has 0 heterocycles. The van der Waals surface area contributed by atoms with Gasteiger partial charge in [-0.1, -0.05) is 64.9 Å². The smallest absolute Gasteiger partial charge is 0.335 e. The monoisotopic (exact) mass is 364 g/mol. The SMILES string of the molecule is C=C(CO)C(=O)OCCC1CCC(C2CCC(CCCCC)CC2)CC1. The van der Waals surface area contributed by atoms with Crippen LogP contribution in [0.2, 0.25) is 0 Å². The Bertz CT molecular complexity index is 415. The molecule has 26 heavy (non-hydrogen) atoms. The highest BCUT2D eigenvalue weighted by atomic mass is 16.5. The third kappa shape index (κ3) is 7.06. The highest BCUT2D eigenvalue weighted by Crippen LogP contribution is 2.42. The summed E-state index contributed by atoms with van der Waals surface area (Å²) in [6.45, 7) is 5.95. The van der Waals surface area contributed by atoms with Gasteiger partial charge in [0.2, 0.25) is 0 Å². The lowest BCUT2D eigenvalue weighted by Gasteiger charge is -2.38. The van der Waals surface area contributed by atoms with Crippen LogP contribution in [0.5, 0.6) is 0 Å². The first kappa shape index (κ1) is 21.5. The van der Waals surface area contributed by atoms with Gasteiger partial charge in [0.25, 0.3) is 0 Å². The molecule has 150 valence electrons. The Morgan fingerprint density at radius 3 is 1.96 bits per heavy atom. The van der Waals surface area contributed by atoms with Crippen LogP contribution in [-0.2, 0) is 9.53 Å². The molecule has 0 saturated heterocycles. The van der Waals surface area contributed by atoms with Crippen molar-refractivity contribution in [1.82, 2.24) is 0 Å². The van der Waals surface area contributed by atoms with Gasteiger partial charge >= 0.3 is 5.97 Å². The van der Waals surface area contributed by atoms with E-state index in [1.165, 1.54) is 77.0 Å². The second-order valence-corrected chi connectivity index (χ2v) is 8.74. The third-order valence-electron chi connectivity index (χ3n) is 6.90. The molecule has 2 rings (SSSR count). The van der Waals surface area contributed by atoms with Crippen LogP contribution in [0.1, 0.15) is 90.4 Å². The maximum atomic E-state index is 11.5.